The molecule has 7 nitrogen and oxygen atoms in total. The number of carbonyl (C=O) groups is 3. The smallest absolute Gasteiger partial charge is 0.457 e. The fraction of sp³-hybridized carbons (Fsp3) is 0.833. The van der Waals surface area contributed by atoms with Crippen LogP contribution in [0.3, 0.4) is 0 Å². The van der Waals surface area contributed by atoms with Gasteiger partial charge in [-0.15, -0.1) is 0 Å². The van der Waals surface area contributed by atoms with E-state index < -0.39 is 60.6 Å². The van der Waals surface area contributed by atoms with Crippen LogP contribution in [0.5, 0.6) is 0 Å². The van der Waals surface area contributed by atoms with Gasteiger partial charge < -0.3 is 20.1 Å². The summed E-state index contributed by atoms with van der Waals surface area (Å²) in [5.41, 5.74) is 0. The highest BCUT2D eigenvalue weighted by Crippen LogP contribution is 2.46. The predicted octanol–water partition coefficient (Wildman–Crippen LogP) is 3.81. The first-order chi connectivity index (χ1) is 14.5. The van der Waals surface area contributed by atoms with Crippen molar-refractivity contribution in [3.8, 4) is 0 Å². The first kappa shape index (κ1) is 29.7. The van der Waals surface area contributed by atoms with Crippen LogP contribution < -0.4 is 10.6 Å². The van der Waals surface area contributed by atoms with Crippen molar-refractivity contribution in [2.24, 2.45) is 5.92 Å². The van der Waals surface area contributed by atoms with Crippen molar-refractivity contribution in [3.05, 3.63) is 0 Å². The zero-order chi connectivity index (χ0) is 25.3. The highest BCUT2D eigenvalue weighted by atomic mass is 19.4. The largest absolute Gasteiger partial charge is 0.460 e. The Kier molecular flexibility index (Phi) is 11.2. The summed E-state index contributed by atoms with van der Waals surface area (Å²) >= 11 is 0. The summed E-state index contributed by atoms with van der Waals surface area (Å²) in [6.45, 7) is 3.60. The number of hydrogen-bond acceptors (Lipinski definition) is 5. The van der Waals surface area contributed by atoms with Crippen LogP contribution in [0, 0.1) is 5.92 Å². The third kappa shape index (κ3) is 8.34. The molecule has 0 saturated heterocycles. The molecule has 14 heteroatoms. The minimum absolute atomic E-state index is 0.0939. The average Bonchev–Trinajstić information content (AvgIpc) is 2.68. The number of esters is 1. The van der Waals surface area contributed by atoms with Gasteiger partial charge in [0.05, 0.1) is 6.61 Å². The Morgan fingerprint density at radius 3 is 1.94 bits per heavy atom. The molecule has 0 aromatic heterocycles. The van der Waals surface area contributed by atoms with E-state index in [0.717, 1.165) is 13.3 Å². The number of unbranched alkanes of at least 4 members (excludes halogenated alkanes) is 1. The minimum atomic E-state index is -6.57. The summed E-state index contributed by atoms with van der Waals surface area (Å²) in [6, 6.07) is -2.90. The molecule has 0 aliphatic rings. The molecule has 0 aromatic rings. The van der Waals surface area contributed by atoms with Gasteiger partial charge in [0.25, 0.3) is 0 Å². The molecule has 32 heavy (non-hydrogen) atoms. The van der Waals surface area contributed by atoms with E-state index in [1.807, 2.05) is 12.2 Å². The van der Waals surface area contributed by atoms with Crippen molar-refractivity contribution >= 4 is 18.0 Å². The van der Waals surface area contributed by atoms with Crippen molar-refractivity contribution in [1.29, 1.82) is 0 Å². The Balaban J connectivity index is 5.03. The van der Waals surface area contributed by atoms with Gasteiger partial charge in [0.15, 0.2) is 6.61 Å². The Hall–Kier alpha value is -2.28. The number of alkyl halides is 7. The lowest BCUT2D eigenvalue weighted by Crippen LogP contribution is -2.56. The molecule has 2 N–H and O–H groups in total. The van der Waals surface area contributed by atoms with E-state index in [0.29, 0.717) is 12.8 Å². The van der Waals surface area contributed by atoms with Gasteiger partial charge in [-0.1, -0.05) is 33.6 Å². The van der Waals surface area contributed by atoms with Gasteiger partial charge in [-0.2, -0.15) is 30.7 Å². The van der Waals surface area contributed by atoms with Crippen molar-refractivity contribution in [1.82, 2.24) is 10.6 Å². The molecule has 0 rings (SSSR count). The summed E-state index contributed by atoms with van der Waals surface area (Å²) in [6.07, 6.45) is -5.76. The summed E-state index contributed by atoms with van der Waals surface area (Å²) in [4.78, 5) is 36.0. The second-order valence-electron chi connectivity index (χ2n) is 7.11. The van der Waals surface area contributed by atoms with E-state index in [1.165, 1.54) is 0 Å². The highest BCUT2D eigenvalue weighted by molar-refractivity contribution is 5.89. The van der Waals surface area contributed by atoms with E-state index in [1.54, 1.807) is 13.8 Å². The van der Waals surface area contributed by atoms with Crippen LogP contribution in [0.25, 0.3) is 0 Å². The van der Waals surface area contributed by atoms with Gasteiger partial charge in [-0.25, -0.2) is 9.59 Å². The fourth-order valence-corrected chi connectivity index (χ4v) is 2.13. The molecular weight excluding hydrogens is 457 g/mol. The molecule has 3 atom stereocenters. The second-order valence-corrected chi connectivity index (χ2v) is 7.11. The number of ether oxygens (including phenoxy) is 2. The summed E-state index contributed by atoms with van der Waals surface area (Å²) < 4.78 is 97.3. The molecule has 0 spiro atoms. The molecule has 0 fully saturated rings. The van der Waals surface area contributed by atoms with Crippen molar-refractivity contribution in [2.45, 2.75) is 77.1 Å². The molecule has 0 aliphatic carbocycles. The Morgan fingerprint density at radius 1 is 0.906 bits per heavy atom. The molecule has 0 bridgehead atoms. The van der Waals surface area contributed by atoms with Gasteiger partial charge in [0.2, 0.25) is 5.91 Å². The fourth-order valence-electron chi connectivity index (χ4n) is 2.13. The van der Waals surface area contributed by atoms with Gasteiger partial charge in [-0.05, 0) is 19.3 Å². The minimum Gasteiger partial charge on any atom is -0.457 e. The molecule has 0 aliphatic heterocycles. The molecule has 0 aromatic carbocycles. The van der Waals surface area contributed by atoms with E-state index >= 15 is 0 Å². The van der Waals surface area contributed by atoms with Crippen molar-refractivity contribution in [2.75, 3.05) is 13.2 Å². The standard InChI is InChI=1S/C18H27F7N2O5/c1-5-7-8-31-15(30)27-12(10(3)6-2)13(28)26-11(4)14(29)32-9-16(19,20)17(21,22)18(23,24)25/h10-12H,5-9H2,1-4H3,(H,26,28)(H,27,30). The maximum absolute atomic E-state index is 13.2. The number of rotatable bonds is 12. The number of amides is 2. The van der Waals surface area contributed by atoms with Crippen LogP contribution in [0.1, 0.15) is 47.0 Å². The maximum Gasteiger partial charge on any atom is 0.460 e. The lowest BCUT2D eigenvalue weighted by atomic mass is 9.98. The van der Waals surface area contributed by atoms with Crippen molar-refractivity contribution in [3.63, 3.8) is 0 Å². The van der Waals surface area contributed by atoms with Gasteiger partial charge in [0, 0.05) is 0 Å². The molecule has 0 saturated carbocycles. The maximum atomic E-state index is 13.2. The number of alkyl carbamates (subject to hydrolysis) is 1. The molecule has 0 heterocycles. The van der Waals surface area contributed by atoms with E-state index in [9.17, 15) is 45.1 Å². The van der Waals surface area contributed by atoms with Crippen LogP contribution >= 0.6 is 0 Å². The molecular formula is C18H27F7N2O5. The zero-order valence-electron chi connectivity index (χ0n) is 18.0. The van der Waals surface area contributed by atoms with E-state index in [-0.39, 0.29) is 6.61 Å². The van der Waals surface area contributed by atoms with Crippen molar-refractivity contribution < 1.29 is 54.6 Å². The molecule has 188 valence electrons. The van der Waals surface area contributed by atoms with Gasteiger partial charge in [-0.3, -0.25) is 4.79 Å². The van der Waals surface area contributed by atoms with Crippen LogP contribution in [-0.4, -0.2) is 61.3 Å². The number of nitrogens with one attached hydrogen (secondary N) is 2. The van der Waals surface area contributed by atoms with Crippen LogP contribution in [0.15, 0.2) is 0 Å². The van der Waals surface area contributed by atoms with E-state index in [2.05, 4.69) is 10.1 Å². The molecule has 0 radical (unpaired) electrons. The molecule has 3 unspecified atom stereocenters. The average molecular weight is 484 g/mol. The Morgan fingerprint density at radius 2 is 1.47 bits per heavy atom. The molecule has 2 amide bonds. The van der Waals surface area contributed by atoms with Gasteiger partial charge >= 0.3 is 30.1 Å². The van der Waals surface area contributed by atoms with Crippen LogP contribution in [0.2, 0.25) is 0 Å². The summed E-state index contributed by atoms with van der Waals surface area (Å²) in [5.74, 6) is -15.2. The number of hydrogen-bond donors (Lipinski definition) is 2. The number of carbonyl (C=O) groups excluding carboxylic acids is 3. The Bertz CT molecular complexity index is 644. The zero-order valence-corrected chi connectivity index (χ0v) is 18.0. The summed E-state index contributed by atoms with van der Waals surface area (Å²) in [5, 5.41) is 4.33. The third-order valence-electron chi connectivity index (χ3n) is 4.42. The second kappa shape index (κ2) is 12.1. The SMILES string of the molecule is CCCCOC(=O)NC(C(=O)NC(C)C(=O)OCC(F)(F)C(F)(F)C(F)(F)F)C(C)CC. The number of halogens is 7. The first-order valence-electron chi connectivity index (χ1n) is 9.74. The van der Waals surface area contributed by atoms with Crippen LogP contribution in [-0.2, 0) is 19.1 Å². The normalized spacial score (nSPS) is 15.3. The quantitative estimate of drug-likeness (QED) is 0.250. The topological polar surface area (TPSA) is 93.7 Å². The van der Waals surface area contributed by atoms with Crippen LogP contribution in [0.4, 0.5) is 35.5 Å². The monoisotopic (exact) mass is 484 g/mol. The third-order valence-corrected chi connectivity index (χ3v) is 4.42. The highest BCUT2D eigenvalue weighted by Gasteiger charge is 2.73. The van der Waals surface area contributed by atoms with Gasteiger partial charge in [0.1, 0.15) is 12.1 Å². The summed E-state index contributed by atoms with van der Waals surface area (Å²) in [7, 11) is 0. The lowest BCUT2D eigenvalue weighted by Gasteiger charge is -2.28. The Labute approximate surface area is 180 Å². The predicted molar refractivity (Wildman–Crippen MR) is 97.1 cm³/mol. The first-order valence-corrected chi connectivity index (χ1v) is 9.74. The van der Waals surface area contributed by atoms with E-state index in [4.69, 9.17) is 4.74 Å². The lowest BCUT2D eigenvalue weighted by molar-refractivity contribution is -0.359.